The topological polar surface area (TPSA) is 43.9 Å². The Hall–Kier alpha value is -7.08. The van der Waals surface area contributed by atoms with Gasteiger partial charge in [-0.1, -0.05) is 140 Å². The number of aromatic nitrogens is 3. The minimum Gasteiger partial charge on any atom is -0.455 e. The molecule has 0 N–H and O–H groups in total. The lowest BCUT2D eigenvalue weighted by molar-refractivity contribution is 0.673. The molecule has 0 aliphatic rings. The van der Waals surface area contributed by atoms with Gasteiger partial charge in [-0.2, -0.15) is 0 Å². The highest BCUT2D eigenvalue weighted by atomic mass is 32.1. The van der Waals surface area contributed by atoms with Gasteiger partial charge in [-0.3, -0.25) is 4.57 Å². The van der Waals surface area contributed by atoms with Gasteiger partial charge in [-0.05, 0) is 69.4 Å². The van der Waals surface area contributed by atoms with Crippen LogP contribution in [-0.4, -0.2) is 14.5 Å². The van der Waals surface area contributed by atoms with Crippen molar-refractivity contribution in [1.29, 1.82) is 0 Å². The zero-order valence-electron chi connectivity index (χ0n) is 29.4. The molecular formula is C50H29N3OS. The Morgan fingerprint density at radius 3 is 1.96 bits per heavy atom. The molecule has 0 bridgehead atoms. The standard InChI is InChI=1S/C50H29N3OS/c1-3-14-30(15-4-1)32-18-13-19-33(28-32)46-49-47(37-23-10-12-25-43(37)55-49)52-50(51-46)53-40-24-11-9-22-36(40)45-41(53)27-26-38-44-35-21-8-7-20-34(35)39(29-42(44)54-48(38)45)31-16-5-2-6-17-31/h1-29H. The van der Waals surface area contributed by atoms with E-state index in [9.17, 15) is 0 Å². The first kappa shape index (κ1) is 30.4. The number of thiophene rings is 1. The van der Waals surface area contributed by atoms with Crippen LogP contribution >= 0.6 is 11.3 Å². The van der Waals surface area contributed by atoms with E-state index in [1.54, 1.807) is 11.3 Å². The zero-order valence-corrected chi connectivity index (χ0v) is 30.2. The summed E-state index contributed by atoms with van der Waals surface area (Å²) in [6.45, 7) is 0. The highest BCUT2D eigenvalue weighted by Crippen LogP contribution is 2.45. The van der Waals surface area contributed by atoms with E-state index in [1.165, 1.54) is 26.6 Å². The van der Waals surface area contributed by atoms with Crippen LogP contribution in [0.4, 0.5) is 0 Å². The van der Waals surface area contributed by atoms with Crippen molar-refractivity contribution in [2.24, 2.45) is 0 Å². The van der Waals surface area contributed by atoms with Gasteiger partial charge in [0, 0.05) is 31.8 Å². The predicted octanol–water partition coefficient (Wildman–Crippen LogP) is 14.0. The van der Waals surface area contributed by atoms with Crippen LogP contribution in [0.3, 0.4) is 0 Å². The van der Waals surface area contributed by atoms with E-state index in [-0.39, 0.29) is 0 Å². The van der Waals surface area contributed by atoms with Gasteiger partial charge in [-0.25, -0.2) is 9.97 Å². The molecule has 0 amide bonds. The molecule has 256 valence electrons. The van der Waals surface area contributed by atoms with Crippen LogP contribution < -0.4 is 0 Å². The first-order valence-electron chi connectivity index (χ1n) is 18.5. The molecule has 12 rings (SSSR count). The van der Waals surface area contributed by atoms with Crippen molar-refractivity contribution < 1.29 is 4.42 Å². The third-order valence-corrected chi connectivity index (χ3v) is 12.2. The summed E-state index contributed by atoms with van der Waals surface area (Å²) in [6, 6.07) is 62.3. The van der Waals surface area contributed by atoms with Gasteiger partial charge in [0.1, 0.15) is 11.2 Å². The maximum atomic E-state index is 7.00. The van der Waals surface area contributed by atoms with E-state index in [0.29, 0.717) is 5.95 Å². The van der Waals surface area contributed by atoms with Gasteiger partial charge in [-0.15, -0.1) is 11.3 Å². The second kappa shape index (κ2) is 11.7. The molecule has 0 aliphatic carbocycles. The summed E-state index contributed by atoms with van der Waals surface area (Å²) in [7, 11) is 0. The molecule has 0 saturated heterocycles. The Kier molecular flexibility index (Phi) is 6.47. The lowest BCUT2D eigenvalue weighted by atomic mass is 9.95. The van der Waals surface area contributed by atoms with Crippen molar-refractivity contribution in [3.63, 3.8) is 0 Å². The summed E-state index contributed by atoms with van der Waals surface area (Å²) in [5.41, 5.74) is 11.4. The Labute approximate surface area is 319 Å². The number of rotatable bonds is 4. The Bertz CT molecular complexity index is 3490. The van der Waals surface area contributed by atoms with Crippen molar-refractivity contribution in [3.05, 3.63) is 176 Å². The minimum absolute atomic E-state index is 0.634. The van der Waals surface area contributed by atoms with Crippen molar-refractivity contribution >= 4 is 86.2 Å². The molecule has 0 radical (unpaired) electrons. The van der Waals surface area contributed by atoms with Crippen LogP contribution in [-0.2, 0) is 0 Å². The second-order valence-corrected chi connectivity index (χ2v) is 15.1. The molecule has 0 atom stereocenters. The number of benzene rings is 8. The molecule has 0 saturated carbocycles. The Morgan fingerprint density at radius 2 is 1.13 bits per heavy atom. The average Bonchev–Trinajstić information content (AvgIpc) is 3.93. The second-order valence-electron chi connectivity index (χ2n) is 14.1. The van der Waals surface area contributed by atoms with E-state index >= 15 is 0 Å². The average molecular weight is 720 g/mol. The molecule has 55 heavy (non-hydrogen) atoms. The first-order valence-corrected chi connectivity index (χ1v) is 19.3. The van der Waals surface area contributed by atoms with Crippen molar-refractivity contribution in [3.8, 4) is 39.5 Å². The maximum Gasteiger partial charge on any atom is 0.235 e. The van der Waals surface area contributed by atoms with Gasteiger partial charge in [0.2, 0.25) is 5.95 Å². The molecule has 0 unspecified atom stereocenters. The molecule has 5 heteroatoms. The number of nitrogens with zero attached hydrogens (tertiary/aromatic N) is 3. The molecule has 0 spiro atoms. The third-order valence-electron chi connectivity index (χ3n) is 11.0. The van der Waals surface area contributed by atoms with Crippen LogP contribution in [0.15, 0.2) is 180 Å². The van der Waals surface area contributed by atoms with Crippen LogP contribution in [0.25, 0.3) is 114 Å². The fourth-order valence-corrected chi connectivity index (χ4v) is 9.73. The van der Waals surface area contributed by atoms with Crippen LogP contribution in [0, 0.1) is 0 Å². The highest BCUT2D eigenvalue weighted by Gasteiger charge is 2.24. The van der Waals surface area contributed by atoms with Crippen molar-refractivity contribution in [2.45, 2.75) is 0 Å². The van der Waals surface area contributed by atoms with Gasteiger partial charge >= 0.3 is 0 Å². The van der Waals surface area contributed by atoms with Gasteiger partial charge in [0.05, 0.1) is 32.3 Å². The molecule has 0 fully saturated rings. The molecule has 0 aliphatic heterocycles. The summed E-state index contributed by atoms with van der Waals surface area (Å²) in [6.07, 6.45) is 0. The van der Waals surface area contributed by atoms with E-state index in [1.807, 2.05) is 0 Å². The smallest absolute Gasteiger partial charge is 0.235 e. The summed E-state index contributed by atoms with van der Waals surface area (Å²) in [5, 5.41) is 7.91. The minimum atomic E-state index is 0.634. The van der Waals surface area contributed by atoms with E-state index < -0.39 is 0 Å². The van der Waals surface area contributed by atoms with Gasteiger partial charge in [0.25, 0.3) is 0 Å². The molecule has 8 aromatic carbocycles. The van der Waals surface area contributed by atoms with E-state index in [0.717, 1.165) is 81.7 Å². The molecule has 4 nitrogen and oxygen atoms in total. The van der Waals surface area contributed by atoms with Crippen LogP contribution in [0.1, 0.15) is 0 Å². The largest absolute Gasteiger partial charge is 0.455 e. The summed E-state index contributed by atoms with van der Waals surface area (Å²) in [4.78, 5) is 10.9. The number of furan rings is 1. The maximum absolute atomic E-state index is 7.00. The van der Waals surface area contributed by atoms with E-state index in [2.05, 4.69) is 180 Å². The predicted molar refractivity (Wildman–Crippen MR) is 230 cm³/mol. The van der Waals surface area contributed by atoms with Crippen molar-refractivity contribution in [1.82, 2.24) is 14.5 Å². The highest BCUT2D eigenvalue weighted by molar-refractivity contribution is 7.26. The number of hydrogen-bond donors (Lipinski definition) is 0. The summed E-state index contributed by atoms with van der Waals surface area (Å²) in [5.74, 6) is 0.634. The molecular weight excluding hydrogens is 691 g/mol. The quantitative estimate of drug-likeness (QED) is 0.182. The molecule has 4 aromatic heterocycles. The third kappa shape index (κ3) is 4.51. The van der Waals surface area contributed by atoms with Crippen molar-refractivity contribution in [2.75, 3.05) is 0 Å². The summed E-state index contributed by atoms with van der Waals surface area (Å²) < 4.78 is 11.5. The number of hydrogen-bond acceptors (Lipinski definition) is 4. The lowest BCUT2D eigenvalue weighted by Gasteiger charge is -2.11. The Balaban J connectivity index is 1.16. The van der Waals surface area contributed by atoms with E-state index in [4.69, 9.17) is 14.4 Å². The lowest BCUT2D eigenvalue weighted by Crippen LogP contribution is -2.02. The number of fused-ring (bicyclic) bond motifs is 12. The normalized spacial score (nSPS) is 12.0. The molecule has 4 heterocycles. The molecule has 12 aromatic rings. The Morgan fingerprint density at radius 1 is 0.455 bits per heavy atom. The first-order chi connectivity index (χ1) is 27.3. The SMILES string of the molecule is c1ccc(-c2cccc(-c3nc(-n4c5ccccc5c5c6oc7cc(-c8ccccc8)c8ccccc8c7c6ccc54)nc4c3sc3ccccc34)c2)cc1. The summed E-state index contributed by atoms with van der Waals surface area (Å²) >= 11 is 1.75. The van der Waals surface area contributed by atoms with Crippen LogP contribution in [0.5, 0.6) is 0 Å². The van der Waals surface area contributed by atoms with Gasteiger partial charge < -0.3 is 4.42 Å². The van der Waals surface area contributed by atoms with Crippen LogP contribution in [0.2, 0.25) is 0 Å². The number of para-hydroxylation sites is 1. The fraction of sp³-hybridized carbons (Fsp3) is 0. The van der Waals surface area contributed by atoms with Gasteiger partial charge in [0.15, 0.2) is 0 Å². The zero-order chi connectivity index (χ0) is 36.0. The monoisotopic (exact) mass is 719 g/mol. The fourth-order valence-electron chi connectivity index (χ4n) is 8.57.